The number of hydrogen-bond donors (Lipinski definition) is 1. The van der Waals surface area contributed by atoms with E-state index in [1.807, 2.05) is 44.4 Å². The molecule has 1 aliphatic heterocycles. The molecule has 0 bridgehead atoms. The zero-order valence-electron chi connectivity index (χ0n) is 20.4. The lowest BCUT2D eigenvalue weighted by Crippen LogP contribution is -2.54. The predicted molar refractivity (Wildman–Crippen MR) is 139 cm³/mol. The van der Waals surface area contributed by atoms with Gasteiger partial charge in [0.05, 0.1) is 18.4 Å². The number of barbiturate groups is 1. The number of halogens is 1. The van der Waals surface area contributed by atoms with E-state index in [1.165, 1.54) is 13.2 Å². The summed E-state index contributed by atoms with van der Waals surface area (Å²) in [6.45, 7) is 7.42. The van der Waals surface area contributed by atoms with Crippen LogP contribution in [0.1, 0.15) is 38.4 Å². The maximum atomic E-state index is 13.3. The summed E-state index contributed by atoms with van der Waals surface area (Å²) in [5.74, 6) is -1.90. The van der Waals surface area contributed by atoms with Gasteiger partial charge < -0.3 is 9.30 Å². The number of aromatic nitrogens is 1. The van der Waals surface area contributed by atoms with E-state index in [1.54, 1.807) is 30.3 Å². The van der Waals surface area contributed by atoms with Crippen LogP contribution in [0.25, 0.3) is 11.8 Å². The SMILES string of the molecule is COC(=O)c1cccc(-n2c(C)cc(/C=C3\C(=O)NC(=O)N(c4ccc(Br)c(C)c4)C3=O)c2C)c1C. The molecule has 1 N–H and O–H groups in total. The van der Waals surface area contributed by atoms with Crippen molar-refractivity contribution in [3.63, 3.8) is 0 Å². The molecule has 0 saturated carbocycles. The Bertz CT molecular complexity index is 1480. The summed E-state index contributed by atoms with van der Waals surface area (Å²) in [6, 6.07) is 11.5. The Morgan fingerprint density at radius 2 is 1.75 bits per heavy atom. The Morgan fingerprint density at radius 1 is 1.03 bits per heavy atom. The van der Waals surface area contributed by atoms with Crippen molar-refractivity contribution in [2.75, 3.05) is 12.0 Å². The number of aryl methyl sites for hydroxylation is 2. The molecule has 1 aromatic heterocycles. The number of nitrogens with one attached hydrogen (secondary N) is 1. The Kier molecular flexibility index (Phi) is 6.69. The number of nitrogens with zero attached hydrogens (tertiary/aromatic N) is 2. The number of methoxy groups -OCH3 is 1. The van der Waals surface area contributed by atoms with E-state index in [-0.39, 0.29) is 5.57 Å². The van der Waals surface area contributed by atoms with Crippen LogP contribution in [0.15, 0.2) is 52.5 Å². The topological polar surface area (TPSA) is 97.7 Å². The second-order valence-corrected chi connectivity index (χ2v) is 9.35. The largest absolute Gasteiger partial charge is 0.465 e. The molecule has 2 heterocycles. The highest BCUT2D eigenvalue weighted by molar-refractivity contribution is 9.10. The van der Waals surface area contributed by atoms with E-state index >= 15 is 0 Å². The van der Waals surface area contributed by atoms with Crippen LogP contribution >= 0.6 is 15.9 Å². The van der Waals surface area contributed by atoms with Gasteiger partial charge in [-0.05, 0) is 86.9 Å². The first-order valence-corrected chi connectivity index (χ1v) is 11.9. The third kappa shape index (κ3) is 4.26. The van der Waals surface area contributed by atoms with Crippen molar-refractivity contribution < 1.29 is 23.9 Å². The number of amides is 4. The van der Waals surface area contributed by atoms with E-state index < -0.39 is 23.8 Å². The van der Waals surface area contributed by atoms with Crippen LogP contribution in [-0.2, 0) is 14.3 Å². The molecule has 1 aliphatic rings. The number of anilines is 1. The molecule has 9 heteroatoms. The molecule has 0 unspecified atom stereocenters. The molecular weight excluding hydrogens is 526 g/mol. The molecule has 0 atom stereocenters. The minimum Gasteiger partial charge on any atom is -0.465 e. The first-order chi connectivity index (χ1) is 17.0. The smallest absolute Gasteiger partial charge is 0.338 e. The van der Waals surface area contributed by atoms with E-state index in [2.05, 4.69) is 21.2 Å². The van der Waals surface area contributed by atoms with Gasteiger partial charge in [0.1, 0.15) is 5.57 Å². The van der Waals surface area contributed by atoms with E-state index in [9.17, 15) is 19.2 Å². The van der Waals surface area contributed by atoms with E-state index in [4.69, 9.17) is 4.74 Å². The molecule has 1 saturated heterocycles. The summed E-state index contributed by atoms with van der Waals surface area (Å²) >= 11 is 3.41. The Balaban J connectivity index is 1.79. The van der Waals surface area contributed by atoms with Crippen LogP contribution in [0.5, 0.6) is 0 Å². The third-order valence-corrected chi connectivity index (χ3v) is 7.11. The molecule has 8 nitrogen and oxygen atoms in total. The second-order valence-electron chi connectivity index (χ2n) is 8.49. The third-order valence-electron chi connectivity index (χ3n) is 6.22. The molecule has 0 spiro atoms. The van der Waals surface area contributed by atoms with Crippen molar-refractivity contribution in [3.05, 3.63) is 86.2 Å². The monoisotopic (exact) mass is 549 g/mol. The number of imide groups is 2. The summed E-state index contributed by atoms with van der Waals surface area (Å²) in [4.78, 5) is 51.7. The van der Waals surface area contributed by atoms with Gasteiger partial charge in [0.15, 0.2) is 0 Å². The number of benzene rings is 2. The molecular formula is C27H24BrN3O5. The first-order valence-electron chi connectivity index (χ1n) is 11.1. The maximum Gasteiger partial charge on any atom is 0.338 e. The number of esters is 1. The highest BCUT2D eigenvalue weighted by Crippen LogP contribution is 2.29. The van der Waals surface area contributed by atoms with Crippen molar-refractivity contribution in [2.45, 2.75) is 27.7 Å². The Hall–Kier alpha value is -3.98. The van der Waals surface area contributed by atoms with Crippen LogP contribution < -0.4 is 10.2 Å². The summed E-state index contributed by atoms with van der Waals surface area (Å²) in [5, 5.41) is 2.26. The summed E-state index contributed by atoms with van der Waals surface area (Å²) in [5.41, 5.74) is 5.23. The zero-order chi connectivity index (χ0) is 26.3. The van der Waals surface area contributed by atoms with Gasteiger partial charge in [-0.25, -0.2) is 14.5 Å². The number of carbonyl (C=O) groups is 4. The number of urea groups is 1. The lowest BCUT2D eigenvalue weighted by Gasteiger charge is -2.26. The van der Waals surface area contributed by atoms with Crippen LogP contribution in [-0.4, -0.2) is 35.5 Å². The average molecular weight is 550 g/mol. The zero-order valence-corrected chi connectivity index (χ0v) is 22.0. The quantitative estimate of drug-likeness (QED) is 0.283. The molecule has 0 radical (unpaired) electrons. The molecule has 0 aliphatic carbocycles. The highest BCUT2D eigenvalue weighted by atomic mass is 79.9. The summed E-state index contributed by atoms with van der Waals surface area (Å²) in [6.07, 6.45) is 1.49. The van der Waals surface area contributed by atoms with Gasteiger partial charge in [-0.1, -0.05) is 22.0 Å². The normalized spacial score (nSPS) is 14.9. The lowest BCUT2D eigenvalue weighted by atomic mass is 10.1. The summed E-state index contributed by atoms with van der Waals surface area (Å²) in [7, 11) is 1.33. The van der Waals surface area contributed by atoms with Crippen molar-refractivity contribution in [3.8, 4) is 5.69 Å². The van der Waals surface area contributed by atoms with Crippen LogP contribution in [0.2, 0.25) is 0 Å². The van der Waals surface area contributed by atoms with Crippen molar-refractivity contribution >= 4 is 51.5 Å². The van der Waals surface area contributed by atoms with Gasteiger partial charge in [0.2, 0.25) is 0 Å². The van der Waals surface area contributed by atoms with E-state index in [0.717, 1.165) is 37.6 Å². The minimum atomic E-state index is -0.801. The molecule has 184 valence electrons. The van der Waals surface area contributed by atoms with Crippen molar-refractivity contribution in [1.82, 2.24) is 9.88 Å². The van der Waals surface area contributed by atoms with Gasteiger partial charge in [-0.2, -0.15) is 0 Å². The van der Waals surface area contributed by atoms with Crippen LogP contribution in [0.3, 0.4) is 0 Å². The first kappa shape index (κ1) is 25.1. The average Bonchev–Trinajstić information content (AvgIpc) is 3.11. The number of ether oxygens (including phenoxy) is 1. The minimum absolute atomic E-state index is 0.157. The van der Waals surface area contributed by atoms with Crippen molar-refractivity contribution in [1.29, 1.82) is 0 Å². The number of rotatable bonds is 4. The predicted octanol–water partition coefficient (Wildman–Crippen LogP) is 4.93. The van der Waals surface area contributed by atoms with Crippen LogP contribution in [0, 0.1) is 27.7 Å². The molecule has 4 rings (SSSR count). The van der Waals surface area contributed by atoms with E-state index in [0.29, 0.717) is 16.8 Å². The van der Waals surface area contributed by atoms with Crippen molar-refractivity contribution in [2.24, 2.45) is 0 Å². The number of carbonyl (C=O) groups excluding carboxylic acids is 4. The van der Waals surface area contributed by atoms with Gasteiger partial charge >= 0.3 is 12.0 Å². The van der Waals surface area contributed by atoms with Gasteiger partial charge in [-0.3, -0.25) is 14.9 Å². The molecule has 2 aromatic carbocycles. The lowest BCUT2D eigenvalue weighted by molar-refractivity contribution is -0.122. The fourth-order valence-corrected chi connectivity index (χ4v) is 4.56. The Labute approximate surface area is 216 Å². The molecule has 4 amide bonds. The van der Waals surface area contributed by atoms with Crippen LogP contribution in [0.4, 0.5) is 10.5 Å². The maximum absolute atomic E-state index is 13.3. The standard InChI is InChI=1S/C27H24BrN3O5/c1-14-11-19(9-10-22(14)28)31-25(33)21(24(32)29-27(31)35)13-18-12-15(2)30(17(18)4)23-8-6-7-20(16(23)3)26(34)36-5/h6-13H,1-5H3,(H,29,32,35)/b21-13+. The number of hydrogen-bond acceptors (Lipinski definition) is 5. The van der Waals surface area contributed by atoms with Gasteiger partial charge in [0.25, 0.3) is 11.8 Å². The van der Waals surface area contributed by atoms with Gasteiger partial charge in [0, 0.05) is 21.5 Å². The molecule has 36 heavy (non-hydrogen) atoms. The highest BCUT2D eigenvalue weighted by Gasteiger charge is 2.37. The van der Waals surface area contributed by atoms with Gasteiger partial charge in [-0.15, -0.1) is 0 Å². The Morgan fingerprint density at radius 3 is 2.42 bits per heavy atom. The molecule has 1 fully saturated rings. The fourth-order valence-electron chi connectivity index (χ4n) is 4.32. The summed E-state index contributed by atoms with van der Waals surface area (Å²) < 4.78 is 7.67. The molecule has 3 aromatic rings. The second kappa shape index (κ2) is 9.58. The fraction of sp³-hybridized carbons (Fsp3) is 0.185.